The smallest absolute Gasteiger partial charge is 0.139 e. The van der Waals surface area contributed by atoms with Gasteiger partial charge in [0.1, 0.15) is 5.75 Å². The molecular weight excluding hydrogens is 249 g/mol. The predicted octanol–water partition coefficient (Wildman–Crippen LogP) is 3.04. The number of rotatable bonds is 5. The number of aliphatic hydroxyl groups excluding tert-OH is 1. The van der Waals surface area contributed by atoms with Crippen LogP contribution in [0, 0.1) is 11.3 Å². The van der Waals surface area contributed by atoms with Crippen LogP contribution in [0.1, 0.15) is 12.8 Å². The number of benzene rings is 1. The molecule has 0 amide bonds. The molecule has 0 heterocycles. The van der Waals surface area contributed by atoms with Gasteiger partial charge in [0.25, 0.3) is 0 Å². The summed E-state index contributed by atoms with van der Waals surface area (Å²) >= 11 is 11.7. The van der Waals surface area contributed by atoms with E-state index in [1.165, 1.54) is 0 Å². The minimum absolute atomic E-state index is 0.104. The monoisotopic (exact) mass is 259 g/mol. The highest BCUT2D eigenvalue weighted by molar-refractivity contribution is 6.34. The normalized spacial score (nSPS) is 11.9. The third-order valence-electron chi connectivity index (χ3n) is 1.93. The maximum Gasteiger partial charge on any atom is 0.139 e. The third-order valence-corrected chi connectivity index (χ3v) is 2.48. The predicted molar refractivity (Wildman–Crippen MR) is 62.8 cm³/mol. The van der Waals surface area contributed by atoms with E-state index < -0.39 is 6.10 Å². The summed E-state index contributed by atoms with van der Waals surface area (Å²) in [6, 6.07) is 6.81. The van der Waals surface area contributed by atoms with E-state index in [9.17, 15) is 5.11 Å². The van der Waals surface area contributed by atoms with E-state index in [-0.39, 0.29) is 6.42 Å². The molecule has 0 aliphatic heterocycles. The van der Waals surface area contributed by atoms with Gasteiger partial charge in [-0.1, -0.05) is 23.2 Å². The van der Waals surface area contributed by atoms with Crippen LogP contribution in [0.4, 0.5) is 0 Å². The second kappa shape index (κ2) is 6.59. The summed E-state index contributed by atoms with van der Waals surface area (Å²) in [5.41, 5.74) is 0. The number of halogens is 2. The van der Waals surface area contributed by atoms with Crippen LogP contribution < -0.4 is 4.74 Å². The molecule has 0 radical (unpaired) electrons. The molecule has 16 heavy (non-hydrogen) atoms. The Bertz CT molecular complexity index is 390. The largest absolute Gasteiger partial charge is 0.492 e. The zero-order chi connectivity index (χ0) is 12.0. The molecule has 0 aliphatic rings. The van der Waals surface area contributed by atoms with Crippen LogP contribution in [0.25, 0.3) is 0 Å². The standard InChI is InChI=1S/C11H11Cl2NO2/c12-8-1-2-10(13)11(7-8)16-6-4-9(15)3-5-14/h1-2,7,9,15H,3-4,6H2. The van der Waals surface area contributed by atoms with Gasteiger partial charge in [-0.15, -0.1) is 0 Å². The van der Waals surface area contributed by atoms with Crippen molar-refractivity contribution < 1.29 is 9.84 Å². The van der Waals surface area contributed by atoms with Crippen LogP contribution in [0.5, 0.6) is 5.75 Å². The van der Waals surface area contributed by atoms with Gasteiger partial charge in [0.05, 0.1) is 30.2 Å². The number of ether oxygens (including phenoxy) is 1. The van der Waals surface area contributed by atoms with Gasteiger partial charge in [-0.3, -0.25) is 0 Å². The SMILES string of the molecule is N#CCC(O)CCOc1cc(Cl)ccc1Cl. The van der Waals surface area contributed by atoms with Crippen molar-refractivity contribution in [1.29, 1.82) is 5.26 Å². The van der Waals surface area contributed by atoms with E-state index >= 15 is 0 Å². The molecule has 0 saturated heterocycles. The van der Waals surface area contributed by atoms with Gasteiger partial charge in [0.2, 0.25) is 0 Å². The summed E-state index contributed by atoms with van der Waals surface area (Å²) in [6.45, 7) is 0.295. The van der Waals surface area contributed by atoms with Gasteiger partial charge in [0, 0.05) is 17.5 Å². The quantitative estimate of drug-likeness (QED) is 0.885. The second-order valence-corrected chi connectivity index (χ2v) is 4.07. The highest BCUT2D eigenvalue weighted by Crippen LogP contribution is 2.27. The third kappa shape index (κ3) is 4.28. The Kier molecular flexibility index (Phi) is 5.41. The van der Waals surface area contributed by atoms with Crippen LogP contribution in [-0.2, 0) is 0 Å². The van der Waals surface area contributed by atoms with E-state index in [1.807, 2.05) is 6.07 Å². The van der Waals surface area contributed by atoms with Crippen LogP contribution in [-0.4, -0.2) is 17.8 Å². The lowest BCUT2D eigenvalue weighted by molar-refractivity contribution is 0.143. The van der Waals surface area contributed by atoms with Crippen molar-refractivity contribution >= 4 is 23.2 Å². The van der Waals surface area contributed by atoms with Crippen molar-refractivity contribution in [1.82, 2.24) is 0 Å². The fraction of sp³-hybridized carbons (Fsp3) is 0.364. The summed E-state index contributed by atoms with van der Waals surface area (Å²) in [5.74, 6) is 0.485. The lowest BCUT2D eigenvalue weighted by atomic mass is 10.2. The van der Waals surface area contributed by atoms with Gasteiger partial charge in [-0.05, 0) is 12.1 Å². The van der Waals surface area contributed by atoms with Crippen molar-refractivity contribution in [2.24, 2.45) is 0 Å². The molecule has 1 N–H and O–H groups in total. The average Bonchev–Trinajstić information content (AvgIpc) is 2.23. The molecule has 3 nitrogen and oxygen atoms in total. The van der Waals surface area contributed by atoms with Crippen molar-refractivity contribution in [2.75, 3.05) is 6.61 Å². The number of nitriles is 1. The lowest BCUT2D eigenvalue weighted by Gasteiger charge is -2.10. The maximum atomic E-state index is 9.29. The fourth-order valence-corrected chi connectivity index (χ4v) is 1.43. The summed E-state index contributed by atoms with van der Waals surface area (Å²) in [4.78, 5) is 0. The molecule has 86 valence electrons. The summed E-state index contributed by atoms with van der Waals surface area (Å²) in [5, 5.41) is 18.6. The molecule has 0 fully saturated rings. The van der Waals surface area contributed by atoms with Gasteiger partial charge < -0.3 is 9.84 Å². The Hall–Kier alpha value is -0.950. The Morgan fingerprint density at radius 3 is 2.88 bits per heavy atom. The molecule has 5 heteroatoms. The second-order valence-electron chi connectivity index (χ2n) is 3.23. The molecule has 0 aromatic heterocycles. The lowest BCUT2D eigenvalue weighted by Crippen LogP contribution is -2.11. The highest BCUT2D eigenvalue weighted by atomic mass is 35.5. The van der Waals surface area contributed by atoms with Gasteiger partial charge >= 0.3 is 0 Å². The first-order valence-corrected chi connectivity index (χ1v) is 5.52. The number of nitrogens with zero attached hydrogens (tertiary/aromatic N) is 1. The average molecular weight is 260 g/mol. The molecule has 0 saturated carbocycles. The summed E-state index contributed by atoms with van der Waals surface area (Å²) < 4.78 is 5.35. The highest BCUT2D eigenvalue weighted by Gasteiger charge is 2.06. The van der Waals surface area contributed by atoms with Gasteiger partial charge in [-0.25, -0.2) is 0 Å². The fourth-order valence-electron chi connectivity index (χ4n) is 1.10. The van der Waals surface area contributed by atoms with Crippen molar-refractivity contribution in [2.45, 2.75) is 18.9 Å². The zero-order valence-electron chi connectivity index (χ0n) is 8.49. The molecule has 1 aromatic carbocycles. The molecule has 1 atom stereocenters. The molecule has 0 spiro atoms. The molecular formula is C11H11Cl2NO2. The first-order valence-electron chi connectivity index (χ1n) is 4.76. The van der Waals surface area contributed by atoms with E-state index in [2.05, 4.69) is 0 Å². The van der Waals surface area contributed by atoms with Crippen LogP contribution in [0.3, 0.4) is 0 Å². The number of aliphatic hydroxyl groups is 1. The first kappa shape index (κ1) is 13.1. The summed E-state index contributed by atoms with van der Waals surface area (Å²) in [6.07, 6.45) is -0.175. The van der Waals surface area contributed by atoms with E-state index in [0.717, 1.165) is 0 Å². The zero-order valence-corrected chi connectivity index (χ0v) is 10.0. The Balaban J connectivity index is 2.43. The Labute approximate surface area is 104 Å². The number of hydrogen-bond acceptors (Lipinski definition) is 3. The minimum atomic E-state index is -0.664. The Morgan fingerprint density at radius 2 is 2.19 bits per heavy atom. The van der Waals surface area contributed by atoms with Gasteiger partial charge in [-0.2, -0.15) is 5.26 Å². The number of hydrogen-bond donors (Lipinski definition) is 1. The first-order chi connectivity index (χ1) is 7.63. The maximum absolute atomic E-state index is 9.29. The van der Waals surface area contributed by atoms with Crippen LogP contribution >= 0.6 is 23.2 Å². The van der Waals surface area contributed by atoms with Gasteiger partial charge in [0.15, 0.2) is 0 Å². The van der Waals surface area contributed by atoms with Crippen molar-refractivity contribution in [3.63, 3.8) is 0 Å². The van der Waals surface area contributed by atoms with Crippen molar-refractivity contribution in [3.8, 4) is 11.8 Å². The minimum Gasteiger partial charge on any atom is -0.492 e. The van der Waals surface area contributed by atoms with E-state index in [1.54, 1.807) is 18.2 Å². The van der Waals surface area contributed by atoms with Crippen LogP contribution in [0.2, 0.25) is 10.0 Å². The topological polar surface area (TPSA) is 53.2 Å². The molecule has 1 aromatic rings. The Morgan fingerprint density at radius 1 is 1.44 bits per heavy atom. The molecule has 0 aliphatic carbocycles. The van der Waals surface area contributed by atoms with E-state index in [0.29, 0.717) is 28.8 Å². The van der Waals surface area contributed by atoms with Crippen molar-refractivity contribution in [3.05, 3.63) is 28.2 Å². The van der Waals surface area contributed by atoms with Crippen LogP contribution in [0.15, 0.2) is 18.2 Å². The summed E-state index contributed by atoms with van der Waals surface area (Å²) in [7, 11) is 0. The molecule has 1 unspecified atom stereocenters. The van der Waals surface area contributed by atoms with E-state index in [4.69, 9.17) is 33.2 Å². The molecule has 1 rings (SSSR count). The molecule has 0 bridgehead atoms.